The van der Waals surface area contributed by atoms with Gasteiger partial charge in [-0.3, -0.25) is 5.32 Å². The maximum atomic E-state index is 5.52. The Morgan fingerprint density at radius 1 is 1.86 bits per heavy atom. The smallest absolute Gasteiger partial charge is 0.145 e. The average Bonchev–Trinajstić information content (AvgIpc) is 1.87. The molecule has 0 spiro atoms. The fraction of sp³-hybridized carbons (Fsp3) is 1.00. The predicted octanol–water partition coefficient (Wildman–Crippen LogP) is 0.517. The lowest BCUT2D eigenvalue weighted by atomic mass is 10.7. The summed E-state index contributed by atoms with van der Waals surface area (Å²) in [5.41, 5.74) is -0.116. The molecule has 0 saturated carbocycles. The Hall–Kier alpha value is 0.210. The van der Waals surface area contributed by atoms with Crippen LogP contribution in [0.15, 0.2) is 0 Å². The van der Waals surface area contributed by atoms with Gasteiger partial charge in [0.25, 0.3) is 0 Å². The van der Waals surface area contributed by atoms with Gasteiger partial charge in [0.1, 0.15) is 11.8 Å². The topological polar surface area (TPSA) is 21.3 Å². The van der Waals surface area contributed by atoms with E-state index in [-0.39, 0.29) is 11.8 Å². The molecule has 1 fully saturated rings. The maximum absolute atomic E-state index is 5.52. The lowest BCUT2D eigenvalue weighted by Crippen LogP contribution is -2.17. The molecule has 2 atom stereocenters. The van der Waals surface area contributed by atoms with Crippen molar-refractivity contribution in [1.29, 1.82) is 0 Å². The number of ether oxygens (including phenoxy) is 1. The fourth-order valence-corrected chi connectivity index (χ4v) is 0.820. The zero-order valence-electron chi connectivity index (χ0n) is 4.15. The minimum atomic E-state index is -0.116. The van der Waals surface area contributed by atoms with Crippen LogP contribution in [0.4, 0.5) is 0 Å². The molecule has 1 aliphatic rings. The maximum Gasteiger partial charge on any atom is 0.145 e. The minimum absolute atomic E-state index is 0.116. The fourth-order valence-electron chi connectivity index (χ4n) is 0.576. The monoisotopic (exact) mass is 121 g/mol. The van der Waals surface area contributed by atoms with Crippen LogP contribution in [-0.2, 0) is 4.74 Å². The van der Waals surface area contributed by atoms with E-state index in [1.54, 1.807) is 0 Å². The van der Waals surface area contributed by atoms with E-state index >= 15 is 0 Å². The van der Waals surface area contributed by atoms with Gasteiger partial charge in [-0.15, -0.1) is 0 Å². The van der Waals surface area contributed by atoms with Crippen LogP contribution in [0.3, 0.4) is 0 Å². The second-order valence-corrected chi connectivity index (χ2v) is 2.08. The van der Waals surface area contributed by atoms with Crippen molar-refractivity contribution in [1.82, 2.24) is 5.32 Å². The Balaban J connectivity index is 2.26. The Morgan fingerprint density at radius 3 is 2.71 bits per heavy atom. The van der Waals surface area contributed by atoms with Gasteiger partial charge in [0.15, 0.2) is 0 Å². The van der Waals surface area contributed by atoms with Gasteiger partial charge in [-0.25, -0.2) is 0 Å². The average molecular weight is 122 g/mol. The molecular weight excluding hydrogens is 114 g/mol. The highest BCUT2D eigenvalue weighted by Crippen LogP contribution is 2.06. The molecule has 0 amide bonds. The second kappa shape index (κ2) is 1.99. The van der Waals surface area contributed by atoms with Crippen molar-refractivity contribution in [3.05, 3.63) is 0 Å². The van der Waals surface area contributed by atoms with Crippen molar-refractivity contribution < 1.29 is 4.74 Å². The zero-order chi connectivity index (χ0) is 5.28. The summed E-state index contributed by atoms with van der Waals surface area (Å²) in [6, 6.07) is 0. The summed E-state index contributed by atoms with van der Waals surface area (Å²) in [4.78, 5) is 0. The van der Waals surface area contributed by atoms with Crippen molar-refractivity contribution in [3.63, 3.8) is 0 Å². The second-order valence-electron chi connectivity index (χ2n) is 1.60. The van der Waals surface area contributed by atoms with E-state index in [0.717, 1.165) is 6.54 Å². The van der Waals surface area contributed by atoms with Crippen LogP contribution >= 0.6 is 11.6 Å². The molecule has 2 unspecified atom stereocenters. The van der Waals surface area contributed by atoms with E-state index in [4.69, 9.17) is 16.3 Å². The van der Waals surface area contributed by atoms with Crippen LogP contribution in [0.1, 0.15) is 6.92 Å². The van der Waals surface area contributed by atoms with Crippen LogP contribution in [-0.4, -0.2) is 18.3 Å². The highest BCUT2D eigenvalue weighted by molar-refractivity contribution is 6.20. The highest BCUT2D eigenvalue weighted by atomic mass is 35.5. The summed E-state index contributed by atoms with van der Waals surface area (Å²) in [5, 5.41) is 3.02. The molecule has 0 aromatic heterocycles. The summed E-state index contributed by atoms with van der Waals surface area (Å²) < 4.78 is 5.02. The quantitative estimate of drug-likeness (QED) is 0.472. The van der Waals surface area contributed by atoms with Crippen LogP contribution < -0.4 is 5.32 Å². The van der Waals surface area contributed by atoms with E-state index in [1.807, 2.05) is 6.92 Å². The summed E-state index contributed by atoms with van der Waals surface area (Å²) in [7, 11) is 0. The molecule has 0 aliphatic carbocycles. The molecule has 2 nitrogen and oxygen atoms in total. The largest absolute Gasteiger partial charge is 0.343 e. The summed E-state index contributed by atoms with van der Waals surface area (Å²) in [6.07, 6.45) is 0.141. The van der Waals surface area contributed by atoms with Crippen molar-refractivity contribution in [2.24, 2.45) is 0 Å². The minimum Gasteiger partial charge on any atom is -0.343 e. The van der Waals surface area contributed by atoms with Crippen LogP contribution in [0.2, 0.25) is 0 Å². The van der Waals surface area contributed by atoms with E-state index in [1.165, 1.54) is 0 Å². The highest BCUT2D eigenvalue weighted by Gasteiger charge is 2.16. The Kier molecular flexibility index (Phi) is 1.52. The SMILES string of the molecule is CC1NCC(Cl)O1. The molecule has 1 heterocycles. The summed E-state index contributed by atoms with van der Waals surface area (Å²) in [5.74, 6) is 0. The van der Waals surface area contributed by atoms with Gasteiger partial charge in [0, 0.05) is 6.54 Å². The van der Waals surface area contributed by atoms with E-state index in [9.17, 15) is 0 Å². The number of alkyl halides is 1. The standard InChI is InChI=1S/C4H8ClNO/c1-3-6-2-4(5)7-3/h3-4,6H,2H2,1H3. The van der Waals surface area contributed by atoms with Gasteiger partial charge in [-0.05, 0) is 6.92 Å². The van der Waals surface area contributed by atoms with Crippen LogP contribution in [0, 0.1) is 0 Å². The molecule has 1 saturated heterocycles. The van der Waals surface area contributed by atoms with Gasteiger partial charge in [0.2, 0.25) is 0 Å². The van der Waals surface area contributed by atoms with Gasteiger partial charge >= 0.3 is 0 Å². The molecule has 3 heteroatoms. The first-order chi connectivity index (χ1) is 3.29. The molecule has 0 aromatic rings. The first-order valence-electron chi connectivity index (χ1n) is 2.32. The van der Waals surface area contributed by atoms with Crippen molar-refractivity contribution >= 4 is 11.6 Å². The first-order valence-corrected chi connectivity index (χ1v) is 2.75. The van der Waals surface area contributed by atoms with E-state index in [0.29, 0.717) is 0 Å². The Labute approximate surface area is 47.8 Å². The van der Waals surface area contributed by atoms with Crippen molar-refractivity contribution in [3.8, 4) is 0 Å². The Morgan fingerprint density at radius 2 is 2.57 bits per heavy atom. The molecule has 1 N–H and O–H groups in total. The summed E-state index contributed by atoms with van der Waals surface area (Å²) >= 11 is 5.52. The van der Waals surface area contributed by atoms with Crippen molar-refractivity contribution in [2.75, 3.05) is 6.54 Å². The zero-order valence-corrected chi connectivity index (χ0v) is 4.90. The number of hydrogen-bond donors (Lipinski definition) is 1. The van der Waals surface area contributed by atoms with Crippen LogP contribution in [0.5, 0.6) is 0 Å². The third-order valence-electron chi connectivity index (χ3n) is 0.918. The first kappa shape index (κ1) is 5.35. The lowest BCUT2D eigenvalue weighted by molar-refractivity contribution is 0.0951. The number of hydrogen-bond acceptors (Lipinski definition) is 2. The molecule has 0 aromatic carbocycles. The number of rotatable bonds is 0. The molecular formula is C4H8ClNO. The number of halogens is 1. The van der Waals surface area contributed by atoms with E-state index < -0.39 is 0 Å². The normalized spacial score (nSPS) is 42.0. The number of nitrogens with one attached hydrogen (secondary N) is 1. The van der Waals surface area contributed by atoms with Gasteiger partial charge < -0.3 is 4.74 Å². The van der Waals surface area contributed by atoms with Crippen LogP contribution in [0.25, 0.3) is 0 Å². The summed E-state index contributed by atoms with van der Waals surface area (Å²) in [6.45, 7) is 2.70. The molecule has 42 valence electrons. The predicted molar refractivity (Wildman–Crippen MR) is 28.2 cm³/mol. The van der Waals surface area contributed by atoms with Gasteiger partial charge in [-0.2, -0.15) is 0 Å². The molecule has 0 bridgehead atoms. The van der Waals surface area contributed by atoms with Crippen molar-refractivity contribution in [2.45, 2.75) is 18.7 Å². The van der Waals surface area contributed by atoms with Gasteiger partial charge in [-0.1, -0.05) is 11.6 Å². The van der Waals surface area contributed by atoms with E-state index in [2.05, 4.69) is 5.32 Å². The lowest BCUT2D eigenvalue weighted by Gasteiger charge is -1.98. The van der Waals surface area contributed by atoms with Gasteiger partial charge in [0.05, 0.1) is 0 Å². The molecule has 1 aliphatic heterocycles. The Bertz CT molecular complexity index is 60.7. The molecule has 7 heavy (non-hydrogen) atoms. The molecule has 0 radical (unpaired) electrons. The third-order valence-corrected chi connectivity index (χ3v) is 1.17. The molecule has 1 rings (SSSR count). The third kappa shape index (κ3) is 1.30.